The van der Waals surface area contributed by atoms with Crippen LogP contribution in [0.25, 0.3) is 0 Å². The zero-order valence-corrected chi connectivity index (χ0v) is 24.5. The Morgan fingerprint density at radius 3 is 2.44 bits per heavy atom. The first kappa shape index (κ1) is 30.4. The van der Waals surface area contributed by atoms with Crippen molar-refractivity contribution in [2.24, 2.45) is 5.92 Å². The van der Waals surface area contributed by atoms with Crippen LogP contribution in [0.3, 0.4) is 0 Å². The fourth-order valence-electron chi connectivity index (χ4n) is 4.64. The molecule has 1 aromatic carbocycles. The van der Waals surface area contributed by atoms with Crippen LogP contribution in [-0.2, 0) is 27.2 Å². The lowest BCUT2D eigenvalue weighted by Gasteiger charge is -2.30. The van der Waals surface area contributed by atoms with Gasteiger partial charge in [-0.1, -0.05) is 23.7 Å². The summed E-state index contributed by atoms with van der Waals surface area (Å²) in [6.07, 6.45) is 0.640. The molecule has 4 rings (SSSR count). The van der Waals surface area contributed by atoms with Gasteiger partial charge in [-0.25, -0.2) is 18.6 Å². The lowest BCUT2D eigenvalue weighted by atomic mass is 9.96. The Labute approximate surface area is 242 Å². The highest BCUT2D eigenvalue weighted by Gasteiger charge is 2.26. The van der Waals surface area contributed by atoms with Gasteiger partial charge in [0, 0.05) is 30.3 Å². The van der Waals surface area contributed by atoms with E-state index in [4.69, 9.17) is 21.1 Å². The largest absolute Gasteiger partial charge is 0.469 e. The highest BCUT2D eigenvalue weighted by molar-refractivity contribution is 6.31. The molecule has 9 nitrogen and oxygen atoms in total. The molecule has 1 aliphatic heterocycles. The number of likely N-dealkylation sites (tertiary alicyclic amines) is 1. The molecule has 41 heavy (non-hydrogen) atoms. The van der Waals surface area contributed by atoms with E-state index in [0.717, 1.165) is 4.68 Å². The molecule has 1 aliphatic rings. The number of anilines is 2. The lowest BCUT2D eigenvalue weighted by molar-refractivity contribution is -0.147. The topological polar surface area (TPSA) is 98.6 Å². The van der Waals surface area contributed by atoms with E-state index in [1.54, 1.807) is 45.9 Å². The van der Waals surface area contributed by atoms with Crippen LogP contribution in [0.1, 0.15) is 56.1 Å². The first-order chi connectivity index (χ1) is 19.3. The predicted molar refractivity (Wildman–Crippen MR) is 150 cm³/mol. The standard InChI is InChI=1S/C29H34ClF2N5O4/c1-17-14-24(35-37(17)28(39)41-29(2,3)4)34-23-9-8-21(31)22(33-23)15-19-6-7-20(26(32)25(19)30)16-36-12-10-18(11-13-36)27(38)40-5/h6-9,14,18H,10-13,15-16H2,1-5H3,(H,33,34,35). The molecule has 3 heterocycles. The summed E-state index contributed by atoms with van der Waals surface area (Å²) < 4.78 is 41.3. The van der Waals surface area contributed by atoms with E-state index < -0.39 is 23.3 Å². The molecule has 1 fully saturated rings. The number of methoxy groups -OCH3 is 1. The van der Waals surface area contributed by atoms with E-state index in [-0.39, 0.29) is 29.0 Å². The fraction of sp³-hybridized carbons (Fsp3) is 0.448. The average Bonchev–Trinajstić information content (AvgIpc) is 3.29. The SMILES string of the molecule is COC(=O)C1CCN(Cc2ccc(Cc3nc(Nc4cc(C)n(C(=O)OC(C)(C)C)n4)ccc3F)c(Cl)c2F)CC1. The van der Waals surface area contributed by atoms with Crippen molar-refractivity contribution in [2.75, 3.05) is 25.5 Å². The monoisotopic (exact) mass is 589 g/mol. The van der Waals surface area contributed by atoms with Gasteiger partial charge in [0.05, 0.1) is 23.7 Å². The lowest BCUT2D eigenvalue weighted by Crippen LogP contribution is -2.36. The molecule has 12 heteroatoms. The average molecular weight is 590 g/mol. The number of aromatic nitrogens is 3. The van der Waals surface area contributed by atoms with Crippen molar-refractivity contribution in [1.29, 1.82) is 0 Å². The number of nitrogens with zero attached hydrogens (tertiary/aromatic N) is 4. The number of carbonyl (C=O) groups is 2. The summed E-state index contributed by atoms with van der Waals surface area (Å²) in [4.78, 5) is 30.6. The zero-order chi connectivity index (χ0) is 29.9. The molecular formula is C29H34ClF2N5O4. The van der Waals surface area contributed by atoms with Gasteiger partial charge < -0.3 is 14.8 Å². The molecular weight excluding hydrogens is 556 g/mol. The molecule has 0 bridgehead atoms. The van der Waals surface area contributed by atoms with Crippen molar-refractivity contribution in [3.05, 3.63) is 69.5 Å². The number of esters is 1. The van der Waals surface area contributed by atoms with Crippen molar-refractivity contribution >= 4 is 35.3 Å². The molecule has 1 saturated heterocycles. The summed E-state index contributed by atoms with van der Waals surface area (Å²) in [5, 5.41) is 7.11. The molecule has 0 spiro atoms. The van der Waals surface area contributed by atoms with Gasteiger partial charge >= 0.3 is 12.1 Å². The number of benzene rings is 1. The number of halogens is 3. The van der Waals surface area contributed by atoms with Gasteiger partial charge in [-0.3, -0.25) is 9.69 Å². The second kappa shape index (κ2) is 12.5. The number of hydrogen-bond acceptors (Lipinski definition) is 8. The van der Waals surface area contributed by atoms with Crippen molar-refractivity contribution in [1.82, 2.24) is 19.7 Å². The maximum Gasteiger partial charge on any atom is 0.435 e. The molecule has 0 atom stereocenters. The molecule has 0 amide bonds. The number of aryl methyl sites for hydroxylation is 1. The molecule has 0 saturated carbocycles. The van der Waals surface area contributed by atoms with E-state index >= 15 is 4.39 Å². The van der Waals surface area contributed by atoms with Gasteiger partial charge in [-0.2, -0.15) is 4.68 Å². The van der Waals surface area contributed by atoms with Crippen LogP contribution in [0.5, 0.6) is 0 Å². The summed E-state index contributed by atoms with van der Waals surface area (Å²) in [7, 11) is 1.38. The molecule has 3 aromatic rings. The minimum absolute atomic E-state index is 0.0344. The third kappa shape index (κ3) is 7.59. The first-order valence-corrected chi connectivity index (χ1v) is 13.7. The Balaban J connectivity index is 1.44. The van der Waals surface area contributed by atoms with E-state index in [0.29, 0.717) is 60.9 Å². The number of carbonyl (C=O) groups excluding carboxylic acids is 2. The number of ether oxygens (including phenoxy) is 2. The summed E-state index contributed by atoms with van der Waals surface area (Å²) >= 11 is 6.39. The van der Waals surface area contributed by atoms with Crippen molar-refractivity contribution < 1.29 is 27.8 Å². The van der Waals surface area contributed by atoms with Crippen molar-refractivity contribution in [3.8, 4) is 0 Å². The third-order valence-corrected chi connectivity index (χ3v) is 7.15. The summed E-state index contributed by atoms with van der Waals surface area (Å²) in [5.74, 6) is -0.864. The summed E-state index contributed by atoms with van der Waals surface area (Å²) in [5.41, 5.74) is 0.746. The van der Waals surface area contributed by atoms with Crippen LogP contribution in [0.4, 0.5) is 25.2 Å². The molecule has 0 radical (unpaired) electrons. The quantitative estimate of drug-likeness (QED) is 0.334. The minimum Gasteiger partial charge on any atom is -0.469 e. The molecule has 0 aliphatic carbocycles. The Kier molecular flexibility index (Phi) is 9.28. The van der Waals surface area contributed by atoms with Crippen LogP contribution in [-0.4, -0.2) is 57.5 Å². The number of hydrogen-bond donors (Lipinski definition) is 1. The second-order valence-corrected chi connectivity index (χ2v) is 11.5. The molecule has 220 valence electrons. The Bertz CT molecular complexity index is 1430. The summed E-state index contributed by atoms with van der Waals surface area (Å²) in [6.45, 7) is 8.62. The number of rotatable bonds is 7. The predicted octanol–water partition coefficient (Wildman–Crippen LogP) is 6.02. The molecule has 2 aromatic heterocycles. The first-order valence-electron chi connectivity index (χ1n) is 13.3. The normalized spacial score (nSPS) is 14.6. The minimum atomic E-state index is -0.682. The van der Waals surface area contributed by atoms with Gasteiger partial charge in [-0.05, 0) is 71.3 Å². The zero-order valence-electron chi connectivity index (χ0n) is 23.8. The van der Waals surface area contributed by atoms with Gasteiger partial charge in [0.15, 0.2) is 5.82 Å². The molecule has 0 unspecified atom stereocenters. The second-order valence-electron chi connectivity index (χ2n) is 11.1. The Morgan fingerprint density at radius 2 is 1.78 bits per heavy atom. The maximum absolute atomic E-state index is 15.2. The van der Waals surface area contributed by atoms with Crippen LogP contribution in [0.2, 0.25) is 5.02 Å². The van der Waals surface area contributed by atoms with Crippen molar-refractivity contribution in [2.45, 2.75) is 59.1 Å². The number of piperidine rings is 1. The van der Waals surface area contributed by atoms with Crippen LogP contribution in [0.15, 0.2) is 30.3 Å². The van der Waals surface area contributed by atoms with E-state index in [1.807, 2.05) is 0 Å². The van der Waals surface area contributed by atoms with Gasteiger partial charge in [0.2, 0.25) is 0 Å². The van der Waals surface area contributed by atoms with E-state index in [2.05, 4.69) is 20.3 Å². The number of pyridine rings is 1. The summed E-state index contributed by atoms with van der Waals surface area (Å²) in [6, 6.07) is 7.65. The van der Waals surface area contributed by atoms with Crippen LogP contribution in [0, 0.1) is 24.5 Å². The number of nitrogens with one attached hydrogen (secondary N) is 1. The van der Waals surface area contributed by atoms with Crippen LogP contribution >= 0.6 is 11.6 Å². The van der Waals surface area contributed by atoms with E-state index in [1.165, 1.54) is 19.2 Å². The highest BCUT2D eigenvalue weighted by atomic mass is 35.5. The third-order valence-electron chi connectivity index (χ3n) is 6.74. The van der Waals surface area contributed by atoms with Gasteiger partial charge in [0.25, 0.3) is 0 Å². The Hall–Kier alpha value is -3.57. The van der Waals surface area contributed by atoms with Crippen molar-refractivity contribution in [3.63, 3.8) is 0 Å². The van der Waals surface area contributed by atoms with Crippen LogP contribution < -0.4 is 5.32 Å². The highest BCUT2D eigenvalue weighted by Crippen LogP contribution is 2.29. The smallest absolute Gasteiger partial charge is 0.435 e. The van der Waals surface area contributed by atoms with Gasteiger partial charge in [-0.15, -0.1) is 5.10 Å². The fourth-order valence-corrected chi connectivity index (χ4v) is 4.89. The maximum atomic E-state index is 15.2. The van der Waals surface area contributed by atoms with E-state index in [9.17, 15) is 14.0 Å². The molecule has 1 N–H and O–H groups in total. The Morgan fingerprint density at radius 1 is 1.10 bits per heavy atom. The van der Waals surface area contributed by atoms with Gasteiger partial charge in [0.1, 0.15) is 23.1 Å².